The molecular weight excluding hydrogens is 367 g/mol. The molecule has 0 aliphatic heterocycles. The molecule has 0 heterocycles. The van der Waals surface area contributed by atoms with Crippen LogP contribution in [0.1, 0.15) is 42.0 Å². The summed E-state index contributed by atoms with van der Waals surface area (Å²) in [6.45, 7) is 2.00. The van der Waals surface area contributed by atoms with Gasteiger partial charge in [-0.15, -0.1) is 6.42 Å². The van der Waals surface area contributed by atoms with E-state index in [-0.39, 0.29) is 18.2 Å². The molecule has 6 heteroatoms. The summed E-state index contributed by atoms with van der Waals surface area (Å²) < 4.78 is 44.0. The lowest BCUT2D eigenvalue weighted by atomic mass is 10.0. The van der Waals surface area contributed by atoms with Gasteiger partial charge in [-0.05, 0) is 55.5 Å². The number of halogens is 3. The minimum Gasteiger partial charge on any atom is -0.445 e. The summed E-state index contributed by atoms with van der Waals surface area (Å²) in [6, 6.07) is 12.8. The van der Waals surface area contributed by atoms with Crippen LogP contribution < -0.4 is 5.32 Å². The highest BCUT2D eigenvalue weighted by molar-refractivity contribution is 5.67. The molecule has 3 nitrogen and oxygen atoms in total. The Morgan fingerprint density at radius 2 is 1.89 bits per heavy atom. The van der Waals surface area contributed by atoms with Crippen molar-refractivity contribution in [3.63, 3.8) is 0 Å². The zero-order valence-corrected chi connectivity index (χ0v) is 15.6. The van der Waals surface area contributed by atoms with E-state index in [0.29, 0.717) is 24.8 Å². The number of ether oxygens (including phenoxy) is 1. The van der Waals surface area contributed by atoms with Gasteiger partial charge >= 0.3 is 12.3 Å². The zero-order valence-electron chi connectivity index (χ0n) is 15.6. The van der Waals surface area contributed by atoms with E-state index in [1.54, 1.807) is 6.07 Å². The molecule has 1 atom stereocenters. The minimum atomic E-state index is -4.43. The average Bonchev–Trinajstić information content (AvgIpc) is 2.66. The van der Waals surface area contributed by atoms with Gasteiger partial charge in [0.05, 0.1) is 5.56 Å². The number of nitrogens with one attached hydrogen (secondary N) is 1. The van der Waals surface area contributed by atoms with Crippen LogP contribution in [0.15, 0.2) is 48.5 Å². The maximum Gasteiger partial charge on any atom is 0.416 e. The van der Waals surface area contributed by atoms with Crippen molar-refractivity contribution < 1.29 is 22.7 Å². The van der Waals surface area contributed by atoms with Crippen molar-refractivity contribution in [1.82, 2.24) is 5.32 Å². The first kappa shape index (κ1) is 21.4. The van der Waals surface area contributed by atoms with Crippen LogP contribution in [0.3, 0.4) is 0 Å². The van der Waals surface area contributed by atoms with Crippen LogP contribution in [-0.4, -0.2) is 12.1 Å². The molecule has 0 aliphatic rings. The summed E-state index contributed by atoms with van der Waals surface area (Å²) >= 11 is 0. The maximum atomic E-state index is 12.9. The van der Waals surface area contributed by atoms with E-state index in [1.165, 1.54) is 0 Å². The van der Waals surface area contributed by atoms with Crippen LogP contribution in [0.5, 0.6) is 0 Å². The van der Waals surface area contributed by atoms with E-state index >= 15 is 0 Å². The van der Waals surface area contributed by atoms with Gasteiger partial charge in [0.15, 0.2) is 0 Å². The van der Waals surface area contributed by atoms with Gasteiger partial charge < -0.3 is 10.1 Å². The lowest BCUT2D eigenvalue weighted by Crippen LogP contribution is -2.33. The lowest BCUT2D eigenvalue weighted by Gasteiger charge is -2.14. The predicted molar refractivity (Wildman–Crippen MR) is 102 cm³/mol. The molecule has 0 bridgehead atoms. The van der Waals surface area contributed by atoms with Crippen molar-refractivity contribution in [2.45, 2.75) is 45.0 Å². The molecule has 0 aromatic heterocycles. The number of alkyl halides is 3. The fraction of sp³-hybridized carbons (Fsp3) is 0.318. The quantitative estimate of drug-likeness (QED) is 0.651. The number of benzene rings is 2. The first-order valence-electron chi connectivity index (χ1n) is 8.93. The van der Waals surface area contributed by atoms with Crippen LogP contribution in [0, 0.1) is 12.3 Å². The Balaban J connectivity index is 1.79. The normalized spacial score (nSPS) is 12.1. The Morgan fingerprint density at radius 1 is 1.18 bits per heavy atom. The Bertz CT molecular complexity index is 826. The van der Waals surface area contributed by atoms with E-state index in [1.807, 2.05) is 37.3 Å². The van der Waals surface area contributed by atoms with Crippen molar-refractivity contribution in [2.75, 3.05) is 0 Å². The Kier molecular flexibility index (Phi) is 7.51. The summed E-state index contributed by atoms with van der Waals surface area (Å²) in [4.78, 5) is 11.8. The number of amides is 1. The van der Waals surface area contributed by atoms with Gasteiger partial charge in [-0.1, -0.05) is 36.3 Å². The second-order valence-electron chi connectivity index (χ2n) is 6.56. The Morgan fingerprint density at radius 3 is 2.54 bits per heavy atom. The SMILES string of the molecule is C#Cc1cc(CCCC(C)NC(=O)OCc2ccccc2)cc(C(F)(F)F)c1. The van der Waals surface area contributed by atoms with Crippen LogP contribution in [0.2, 0.25) is 0 Å². The van der Waals surface area contributed by atoms with E-state index in [0.717, 1.165) is 17.7 Å². The molecule has 28 heavy (non-hydrogen) atoms. The molecule has 0 saturated heterocycles. The molecule has 1 N–H and O–H groups in total. The molecule has 1 unspecified atom stereocenters. The molecule has 2 aromatic carbocycles. The van der Waals surface area contributed by atoms with Crippen molar-refractivity contribution in [2.24, 2.45) is 0 Å². The fourth-order valence-corrected chi connectivity index (χ4v) is 2.73. The van der Waals surface area contributed by atoms with Gasteiger partial charge in [-0.25, -0.2) is 4.79 Å². The van der Waals surface area contributed by atoms with E-state index in [2.05, 4.69) is 11.2 Å². The lowest BCUT2D eigenvalue weighted by molar-refractivity contribution is -0.137. The summed E-state index contributed by atoms with van der Waals surface area (Å²) in [7, 11) is 0. The van der Waals surface area contributed by atoms with Crippen molar-refractivity contribution in [1.29, 1.82) is 0 Å². The highest BCUT2D eigenvalue weighted by atomic mass is 19.4. The predicted octanol–water partition coefficient (Wildman–Crippen LogP) is 5.32. The van der Waals surface area contributed by atoms with Crippen molar-refractivity contribution in [3.05, 3.63) is 70.8 Å². The van der Waals surface area contributed by atoms with Gasteiger partial charge in [-0.2, -0.15) is 13.2 Å². The van der Waals surface area contributed by atoms with Crippen LogP contribution in [0.4, 0.5) is 18.0 Å². The summed E-state index contributed by atoms with van der Waals surface area (Å²) in [5.41, 5.74) is 0.884. The third kappa shape index (κ3) is 6.99. The number of aryl methyl sites for hydroxylation is 1. The maximum absolute atomic E-state index is 12.9. The monoisotopic (exact) mass is 389 g/mol. The van der Waals surface area contributed by atoms with Crippen molar-refractivity contribution >= 4 is 6.09 Å². The molecule has 148 valence electrons. The summed E-state index contributed by atoms with van der Waals surface area (Å²) in [6.07, 6.45) is 1.94. The largest absolute Gasteiger partial charge is 0.445 e. The van der Waals surface area contributed by atoms with Gasteiger partial charge in [0.1, 0.15) is 6.61 Å². The van der Waals surface area contributed by atoms with Gasteiger partial charge in [0.25, 0.3) is 0 Å². The third-order valence-corrected chi connectivity index (χ3v) is 4.17. The smallest absolute Gasteiger partial charge is 0.416 e. The molecule has 0 saturated carbocycles. The molecule has 1 amide bonds. The third-order valence-electron chi connectivity index (χ3n) is 4.17. The minimum absolute atomic E-state index is 0.166. The van der Waals surface area contributed by atoms with Gasteiger partial charge in [0.2, 0.25) is 0 Å². The first-order valence-corrected chi connectivity index (χ1v) is 8.93. The number of carbonyl (C=O) groups is 1. The number of alkyl carbamates (subject to hydrolysis) is 1. The number of rotatable bonds is 7. The van der Waals surface area contributed by atoms with Gasteiger partial charge in [-0.3, -0.25) is 0 Å². The molecule has 0 radical (unpaired) electrons. The van der Waals surface area contributed by atoms with Crippen molar-refractivity contribution in [3.8, 4) is 12.3 Å². The number of terminal acetylenes is 1. The standard InChI is InChI=1S/C22H22F3NO2/c1-3-17-12-19(14-20(13-17)22(23,24)25)11-7-8-16(2)26-21(27)28-15-18-9-5-4-6-10-18/h1,4-6,9-10,12-14,16H,7-8,11,15H2,2H3,(H,26,27). The topological polar surface area (TPSA) is 38.3 Å². The zero-order chi connectivity index (χ0) is 20.6. The van der Waals surface area contributed by atoms with Crippen LogP contribution >= 0.6 is 0 Å². The van der Waals surface area contributed by atoms with Gasteiger partial charge in [0, 0.05) is 11.6 Å². The van der Waals surface area contributed by atoms with Crippen LogP contribution in [0.25, 0.3) is 0 Å². The number of carbonyl (C=O) groups excluding carboxylic acids is 1. The summed E-state index contributed by atoms with van der Waals surface area (Å²) in [5.74, 6) is 2.26. The second-order valence-corrected chi connectivity index (χ2v) is 6.56. The molecule has 0 spiro atoms. The molecule has 2 rings (SSSR count). The van der Waals surface area contributed by atoms with E-state index in [4.69, 9.17) is 11.2 Å². The molecule has 2 aromatic rings. The van der Waals surface area contributed by atoms with E-state index in [9.17, 15) is 18.0 Å². The molecule has 0 fully saturated rings. The highest BCUT2D eigenvalue weighted by Gasteiger charge is 2.31. The average molecular weight is 389 g/mol. The number of hydrogen-bond donors (Lipinski definition) is 1. The Hall–Kier alpha value is -2.94. The van der Waals surface area contributed by atoms with E-state index < -0.39 is 17.8 Å². The molecular formula is C22H22F3NO2. The summed E-state index contributed by atoms with van der Waals surface area (Å²) in [5, 5.41) is 2.72. The molecule has 0 aliphatic carbocycles. The highest BCUT2D eigenvalue weighted by Crippen LogP contribution is 2.31. The first-order chi connectivity index (χ1) is 13.3. The fourth-order valence-electron chi connectivity index (χ4n) is 2.73. The Labute approximate surface area is 162 Å². The van der Waals surface area contributed by atoms with Crippen LogP contribution in [-0.2, 0) is 23.9 Å². The second kappa shape index (κ2) is 9.84. The number of hydrogen-bond acceptors (Lipinski definition) is 2.